The molecule has 0 saturated carbocycles. The smallest absolute Gasteiger partial charge is 0.258 e. The molecule has 108 valence electrons. The molecule has 0 radical (unpaired) electrons. The van der Waals surface area contributed by atoms with Crippen molar-refractivity contribution in [3.63, 3.8) is 0 Å². The Kier molecular flexibility index (Phi) is 8.05. The summed E-state index contributed by atoms with van der Waals surface area (Å²) in [6.07, 6.45) is -0.0140. The Labute approximate surface area is 123 Å². The van der Waals surface area contributed by atoms with E-state index in [9.17, 15) is 4.79 Å². The summed E-state index contributed by atoms with van der Waals surface area (Å²) in [6, 6.07) is 0. The van der Waals surface area contributed by atoms with Gasteiger partial charge < -0.3 is 9.05 Å². The van der Waals surface area contributed by atoms with Crippen molar-refractivity contribution in [2.75, 3.05) is 0 Å². The standard InChI is InChI=1S/C11H23O3PS3/c1-8(2)13-15(16,14-9(3)4)18-17-10(12)11(5,6)7/h8-9H,1-7H3. The monoisotopic (exact) mass is 330 g/mol. The molecule has 0 aromatic heterocycles. The van der Waals surface area contributed by atoms with Crippen LogP contribution in [0.25, 0.3) is 0 Å². The number of hydrogen-bond acceptors (Lipinski definition) is 6. The number of carbonyl (C=O) groups excluding carboxylic acids is 1. The fraction of sp³-hybridized carbons (Fsp3) is 0.909. The molecule has 0 spiro atoms. The van der Waals surface area contributed by atoms with E-state index in [1.807, 2.05) is 48.5 Å². The predicted octanol–water partition coefficient (Wildman–Crippen LogP) is 5.02. The van der Waals surface area contributed by atoms with E-state index in [0.29, 0.717) is 0 Å². The first-order valence-corrected chi connectivity index (χ1v) is 11.2. The maximum atomic E-state index is 11.9. The zero-order valence-electron chi connectivity index (χ0n) is 12.1. The highest BCUT2D eigenvalue weighted by Crippen LogP contribution is 2.67. The summed E-state index contributed by atoms with van der Waals surface area (Å²) in [7, 11) is 2.41. The average molecular weight is 330 g/mol. The van der Waals surface area contributed by atoms with Crippen molar-refractivity contribution in [1.82, 2.24) is 0 Å². The lowest BCUT2D eigenvalue weighted by molar-refractivity contribution is -0.117. The third-order valence-corrected chi connectivity index (χ3v) is 10.1. The molecule has 0 fully saturated rings. The number of rotatable bonds is 6. The Bertz CT molecular complexity index is 310. The van der Waals surface area contributed by atoms with Gasteiger partial charge in [0.25, 0.3) is 5.69 Å². The molecule has 0 aromatic rings. The zero-order chi connectivity index (χ0) is 14.6. The van der Waals surface area contributed by atoms with E-state index in [1.165, 1.54) is 10.4 Å². The quantitative estimate of drug-likeness (QED) is 0.503. The molecule has 0 N–H and O–H groups in total. The van der Waals surface area contributed by atoms with Gasteiger partial charge in [-0.1, -0.05) is 20.8 Å². The van der Waals surface area contributed by atoms with Crippen LogP contribution in [0.2, 0.25) is 0 Å². The van der Waals surface area contributed by atoms with Gasteiger partial charge in [0.05, 0.1) is 12.2 Å². The van der Waals surface area contributed by atoms with Crippen LogP contribution in [0.5, 0.6) is 0 Å². The minimum absolute atomic E-state index is 0.00702. The van der Waals surface area contributed by atoms with Gasteiger partial charge in [-0.2, -0.15) is 0 Å². The van der Waals surface area contributed by atoms with Crippen molar-refractivity contribution in [2.45, 2.75) is 60.7 Å². The molecule has 7 heteroatoms. The van der Waals surface area contributed by atoms with Gasteiger partial charge in [0, 0.05) is 15.8 Å². The second kappa shape index (κ2) is 7.65. The topological polar surface area (TPSA) is 35.5 Å². The summed E-state index contributed by atoms with van der Waals surface area (Å²) in [5.41, 5.74) is -2.84. The Morgan fingerprint density at radius 2 is 1.50 bits per heavy atom. The normalized spacial score (nSPS) is 13.4. The Hall–Kier alpha value is 0.940. The van der Waals surface area contributed by atoms with Crippen LogP contribution < -0.4 is 0 Å². The van der Waals surface area contributed by atoms with Gasteiger partial charge in [-0.25, -0.2) is 0 Å². The van der Waals surface area contributed by atoms with E-state index in [0.717, 1.165) is 10.8 Å². The molecule has 0 bridgehead atoms. The Balaban J connectivity index is 4.62. The molecule has 18 heavy (non-hydrogen) atoms. The SMILES string of the molecule is CC(C)OP(=S)(OC(C)C)SSC(=O)C(C)(C)C. The first kappa shape index (κ1) is 18.9. The molecular formula is C11H23O3PS3. The van der Waals surface area contributed by atoms with Crippen LogP contribution in [0.3, 0.4) is 0 Å². The summed E-state index contributed by atoms with van der Waals surface area (Å²) in [5, 5.41) is 0.0847. The first-order valence-electron chi connectivity index (χ1n) is 5.84. The lowest BCUT2D eigenvalue weighted by atomic mass is 10.00. The molecule has 0 aromatic carbocycles. The van der Waals surface area contributed by atoms with Gasteiger partial charge >= 0.3 is 0 Å². The summed E-state index contributed by atoms with van der Waals surface area (Å²) in [4.78, 5) is 11.9. The van der Waals surface area contributed by atoms with Crippen LogP contribution in [0.15, 0.2) is 0 Å². The Morgan fingerprint density at radius 3 is 1.78 bits per heavy atom. The van der Waals surface area contributed by atoms with Crippen LogP contribution in [0.1, 0.15) is 48.5 Å². The lowest BCUT2D eigenvalue weighted by Crippen LogP contribution is -2.15. The molecule has 0 unspecified atom stereocenters. The van der Waals surface area contributed by atoms with Crippen LogP contribution in [0, 0.1) is 5.41 Å². The van der Waals surface area contributed by atoms with Crippen molar-refractivity contribution < 1.29 is 13.8 Å². The molecule has 0 atom stereocenters. The number of carbonyl (C=O) groups is 1. The molecule has 0 aliphatic heterocycles. The Morgan fingerprint density at radius 1 is 1.11 bits per heavy atom. The van der Waals surface area contributed by atoms with Gasteiger partial charge in [0.15, 0.2) is 0 Å². The van der Waals surface area contributed by atoms with Crippen molar-refractivity contribution in [3.05, 3.63) is 0 Å². The van der Waals surface area contributed by atoms with Gasteiger partial charge in [-0.15, -0.1) is 0 Å². The maximum absolute atomic E-state index is 11.9. The van der Waals surface area contributed by atoms with Crippen molar-refractivity contribution >= 4 is 43.8 Å². The van der Waals surface area contributed by atoms with E-state index in [4.69, 9.17) is 20.9 Å². The second-order valence-corrected chi connectivity index (χ2v) is 13.3. The van der Waals surface area contributed by atoms with Gasteiger partial charge in [-0.3, -0.25) is 4.79 Å². The fourth-order valence-electron chi connectivity index (χ4n) is 0.781. The molecule has 0 saturated heterocycles. The zero-order valence-corrected chi connectivity index (χ0v) is 15.4. The van der Waals surface area contributed by atoms with Crippen molar-refractivity contribution in [3.8, 4) is 0 Å². The third-order valence-electron chi connectivity index (χ3n) is 1.50. The molecular weight excluding hydrogens is 307 g/mol. The molecule has 0 rings (SSSR count). The van der Waals surface area contributed by atoms with Crippen LogP contribution in [-0.4, -0.2) is 17.3 Å². The summed E-state index contributed by atoms with van der Waals surface area (Å²) < 4.78 is 11.4. The third kappa shape index (κ3) is 8.18. The van der Waals surface area contributed by atoms with E-state index < -0.39 is 5.69 Å². The van der Waals surface area contributed by atoms with Crippen LogP contribution in [0.4, 0.5) is 0 Å². The second-order valence-electron chi connectivity index (χ2n) is 5.45. The van der Waals surface area contributed by atoms with Gasteiger partial charge in [0.2, 0.25) is 5.12 Å². The van der Waals surface area contributed by atoms with Gasteiger partial charge in [0.1, 0.15) is 0 Å². The van der Waals surface area contributed by atoms with E-state index in [1.54, 1.807) is 0 Å². The highest BCUT2D eigenvalue weighted by atomic mass is 33.4. The molecule has 3 nitrogen and oxygen atoms in total. The highest BCUT2D eigenvalue weighted by molar-refractivity contribution is 9.06. The largest absolute Gasteiger partial charge is 0.318 e. The van der Waals surface area contributed by atoms with Crippen LogP contribution in [-0.2, 0) is 25.6 Å². The summed E-state index contributed by atoms with van der Waals surface area (Å²) in [5.74, 6) is 0. The lowest BCUT2D eigenvalue weighted by Gasteiger charge is -2.25. The van der Waals surface area contributed by atoms with E-state index in [-0.39, 0.29) is 22.7 Å². The fourth-order valence-corrected chi connectivity index (χ4v) is 8.73. The molecule has 0 heterocycles. The maximum Gasteiger partial charge on any atom is 0.258 e. The summed E-state index contributed by atoms with van der Waals surface area (Å²) >= 11 is 5.45. The van der Waals surface area contributed by atoms with Gasteiger partial charge in [-0.05, 0) is 50.3 Å². The molecule has 0 amide bonds. The predicted molar refractivity (Wildman–Crippen MR) is 86.4 cm³/mol. The van der Waals surface area contributed by atoms with Crippen LogP contribution >= 0.6 is 26.9 Å². The first-order chi connectivity index (χ1) is 7.96. The molecule has 0 aliphatic rings. The highest BCUT2D eigenvalue weighted by Gasteiger charge is 2.29. The van der Waals surface area contributed by atoms with Crippen molar-refractivity contribution in [2.24, 2.45) is 5.41 Å². The van der Waals surface area contributed by atoms with E-state index in [2.05, 4.69) is 0 Å². The van der Waals surface area contributed by atoms with E-state index >= 15 is 0 Å². The summed E-state index contributed by atoms with van der Waals surface area (Å²) in [6.45, 7) is 13.3. The molecule has 0 aliphatic carbocycles. The average Bonchev–Trinajstić information content (AvgIpc) is 2.09. The minimum atomic E-state index is -2.46. The minimum Gasteiger partial charge on any atom is -0.318 e. The number of hydrogen-bond donors (Lipinski definition) is 0. The van der Waals surface area contributed by atoms with Crippen molar-refractivity contribution in [1.29, 1.82) is 0 Å².